The van der Waals surface area contributed by atoms with Crippen molar-refractivity contribution in [1.82, 2.24) is 0 Å². The summed E-state index contributed by atoms with van der Waals surface area (Å²) in [5, 5.41) is 22.2. The van der Waals surface area contributed by atoms with E-state index in [4.69, 9.17) is 9.47 Å². The van der Waals surface area contributed by atoms with Gasteiger partial charge in [-0.05, 0) is 48.9 Å². The summed E-state index contributed by atoms with van der Waals surface area (Å²) in [6, 6.07) is 15.9. The molecule has 3 aromatic rings. The van der Waals surface area contributed by atoms with Crippen molar-refractivity contribution < 1.29 is 19.3 Å². The molecule has 30 heavy (non-hydrogen) atoms. The number of hydrogen-bond donors (Lipinski definition) is 0. The molecule has 0 unspecified atom stereocenters. The van der Waals surface area contributed by atoms with E-state index < -0.39 is 21.2 Å². The molecule has 152 valence electrons. The van der Waals surface area contributed by atoms with Gasteiger partial charge in [0.05, 0.1) is 28.7 Å². The van der Waals surface area contributed by atoms with E-state index in [1.165, 1.54) is 13.2 Å². The molecule has 0 aromatic heterocycles. The molecule has 3 aromatic carbocycles. The van der Waals surface area contributed by atoms with Crippen LogP contribution in [-0.4, -0.2) is 23.2 Å². The van der Waals surface area contributed by atoms with Crippen LogP contribution < -0.4 is 9.47 Å². The van der Waals surface area contributed by atoms with E-state index >= 15 is 0 Å². The molecule has 0 saturated heterocycles. The SMILES string of the molecule is COc1cc(C=Nc2ccc(C)cc2)ccc1Oc1ccc([N+](=O)[O-])cc1[N+](=O)[O-]. The number of nitro benzene ring substituents is 2. The Hall–Kier alpha value is -4.27. The number of aryl methyl sites for hydroxylation is 1. The summed E-state index contributed by atoms with van der Waals surface area (Å²) in [5.41, 5.74) is 1.75. The highest BCUT2D eigenvalue weighted by Gasteiger charge is 2.22. The number of benzene rings is 3. The minimum Gasteiger partial charge on any atom is -0.493 e. The van der Waals surface area contributed by atoms with Gasteiger partial charge in [-0.25, -0.2) is 0 Å². The van der Waals surface area contributed by atoms with Gasteiger partial charge in [-0.2, -0.15) is 0 Å². The van der Waals surface area contributed by atoms with Crippen LogP contribution in [-0.2, 0) is 0 Å². The molecule has 0 aliphatic carbocycles. The minimum atomic E-state index is -0.739. The molecular formula is C21H17N3O6. The van der Waals surface area contributed by atoms with Crippen molar-refractivity contribution in [2.45, 2.75) is 6.92 Å². The molecule has 9 nitrogen and oxygen atoms in total. The van der Waals surface area contributed by atoms with E-state index in [9.17, 15) is 20.2 Å². The fraction of sp³-hybridized carbons (Fsp3) is 0.0952. The normalized spacial score (nSPS) is 10.7. The lowest BCUT2D eigenvalue weighted by atomic mass is 10.2. The smallest absolute Gasteiger partial charge is 0.318 e. The summed E-state index contributed by atoms with van der Waals surface area (Å²) in [6.45, 7) is 1.99. The number of hydrogen-bond acceptors (Lipinski definition) is 7. The van der Waals surface area contributed by atoms with Gasteiger partial charge in [0.1, 0.15) is 0 Å². The maximum Gasteiger partial charge on any atom is 0.318 e. The molecule has 0 atom stereocenters. The van der Waals surface area contributed by atoms with Gasteiger partial charge in [0.15, 0.2) is 11.5 Å². The van der Waals surface area contributed by atoms with Crippen LogP contribution in [0.2, 0.25) is 0 Å². The molecule has 0 spiro atoms. The van der Waals surface area contributed by atoms with Gasteiger partial charge in [0.25, 0.3) is 5.69 Å². The Bertz CT molecular complexity index is 1130. The zero-order chi connectivity index (χ0) is 21.7. The maximum absolute atomic E-state index is 11.3. The zero-order valence-electron chi connectivity index (χ0n) is 16.1. The highest BCUT2D eigenvalue weighted by molar-refractivity contribution is 5.83. The molecular weight excluding hydrogens is 390 g/mol. The number of aliphatic imine (C=N–C) groups is 1. The van der Waals surface area contributed by atoms with Crippen molar-refractivity contribution in [2.24, 2.45) is 4.99 Å². The van der Waals surface area contributed by atoms with Crippen LogP contribution in [0.25, 0.3) is 0 Å². The fourth-order valence-corrected chi connectivity index (χ4v) is 2.60. The van der Waals surface area contributed by atoms with Crippen LogP contribution >= 0.6 is 0 Å². The van der Waals surface area contributed by atoms with Crippen LogP contribution in [0.15, 0.2) is 65.7 Å². The topological polar surface area (TPSA) is 117 Å². The molecule has 0 amide bonds. The van der Waals surface area contributed by atoms with E-state index in [0.29, 0.717) is 5.75 Å². The van der Waals surface area contributed by atoms with Crippen LogP contribution in [0.4, 0.5) is 17.1 Å². The van der Waals surface area contributed by atoms with Crippen molar-refractivity contribution in [1.29, 1.82) is 0 Å². The number of nitro groups is 2. The number of methoxy groups -OCH3 is 1. The molecule has 0 fully saturated rings. The summed E-state index contributed by atoms with van der Waals surface area (Å²) in [4.78, 5) is 25.1. The van der Waals surface area contributed by atoms with E-state index in [2.05, 4.69) is 4.99 Å². The lowest BCUT2D eigenvalue weighted by Crippen LogP contribution is -1.97. The molecule has 0 N–H and O–H groups in total. The standard InChI is InChI=1S/C21H17N3O6/c1-14-3-6-16(7-4-14)22-13-15-5-9-20(21(11-15)29-2)30-19-10-8-17(23(25)26)12-18(19)24(27)28/h3-13H,1-2H3. The van der Waals surface area contributed by atoms with Crippen molar-refractivity contribution in [3.8, 4) is 17.2 Å². The minimum absolute atomic E-state index is 0.134. The Morgan fingerprint density at radius 1 is 0.867 bits per heavy atom. The Kier molecular flexibility index (Phi) is 6.02. The Morgan fingerprint density at radius 2 is 1.57 bits per heavy atom. The monoisotopic (exact) mass is 407 g/mol. The van der Waals surface area contributed by atoms with Crippen molar-refractivity contribution in [2.75, 3.05) is 7.11 Å². The maximum atomic E-state index is 11.3. The number of nitrogens with zero attached hydrogens (tertiary/aromatic N) is 3. The van der Waals surface area contributed by atoms with E-state index in [0.717, 1.165) is 28.9 Å². The molecule has 0 aliphatic heterocycles. The van der Waals surface area contributed by atoms with Crippen molar-refractivity contribution in [3.63, 3.8) is 0 Å². The van der Waals surface area contributed by atoms with Gasteiger partial charge in [0.2, 0.25) is 5.75 Å². The highest BCUT2D eigenvalue weighted by atomic mass is 16.6. The van der Waals surface area contributed by atoms with Crippen LogP contribution in [0.3, 0.4) is 0 Å². The predicted molar refractivity (Wildman–Crippen MR) is 111 cm³/mol. The molecule has 0 saturated carbocycles. The Balaban J connectivity index is 1.88. The van der Waals surface area contributed by atoms with E-state index in [1.807, 2.05) is 31.2 Å². The zero-order valence-corrected chi connectivity index (χ0v) is 16.1. The molecule has 3 rings (SSSR count). The van der Waals surface area contributed by atoms with Crippen LogP contribution in [0.5, 0.6) is 17.2 Å². The first-order valence-corrected chi connectivity index (χ1v) is 8.77. The van der Waals surface area contributed by atoms with Crippen LogP contribution in [0.1, 0.15) is 11.1 Å². The summed E-state index contributed by atoms with van der Waals surface area (Å²) in [5.74, 6) is 0.419. The Morgan fingerprint density at radius 3 is 2.20 bits per heavy atom. The molecule has 0 bridgehead atoms. The second-order valence-electron chi connectivity index (χ2n) is 6.27. The lowest BCUT2D eigenvalue weighted by Gasteiger charge is -2.11. The first kappa shape index (κ1) is 20.5. The van der Waals surface area contributed by atoms with Crippen molar-refractivity contribution in [3.05, 3.63) is 92.0 Å². The molecule has 9 heteroatoms. The number of ether oxygens (including phenoxy) is 2. The third-order valence-corrected chi connectivity index (χ3v) is 4.15. The average Bonchev–Trinajstić information content (AvgIpc) is 2.74. The van der Waals surface area contributed by atoms with Gasteiger partial charge in [0, 0.05) is 12.3 Å². The number of non-ortho nitro benzene ring substituents is 1. The van der Waals surface area contributed by atoms with Gasteiger partial charge in [-0.1, -0.05) is 17.7 Å². The van der Waals surface area contributed by atoms with Gasteiger partial charge in [-0.3, -0.25) is 25.2 Å². The van der Waals surface area contributed by atoms with Gasteiger partial charge < -0.3 is 9.47 Å². The third-order valence-electron chi connectivity index (χ3n) is 4.15. The third kappa shape index (κ3) is 4.76. The number of rotatable bonds is 7. The quantitative estimate of drug-likeness (QED) is 0.295. The van der Waals surface area contributed by atoms with E-state index in [-0.39, 0.29) is 11.5 Å². The molecule has 0 heterocycles. The predicted octanol–water partition coefficient (Wildman–Crippen LogP) is 5.36. The highest BCUT2D eigenvalue weighted by Crippen LogP contribution is 2.38. The fourth-order valence-electron chi connectivity index (χ4n) is 2.60. The summed E-state index contributed by atoms with van der Waals surface area (Å²) >= 11 is 0. The average molecular weight is 407 g/mol. The second-order valence-corrected chi connectivity index (χ2v) is 6.27. The lowest BCUT2D eigenvalue weighted by molar-refractivity contribution is -0.394. The summed E-state index contributed by atoms with van der Waals surface area (Å²) < 4.78 is 10.9. The largest absolute Gasteiger partial charge is 0.493 e. The van der Waals surface area contributed by atoms with Gasteiger partial charge >= 0.3 is 5.69 Å². The van der Waals surface area contributed by atoms with E-state index in [1.54, 1.807) is 24.4 Å². The first-order valence-electron chi connectivity index (χ1n) is 8.77. The molecule has 0 aliphatic rings. The second kappa shape index (κ2) is 8.82. The Labute approximate surface area is 171 Å². The van der Waals surface area contributed by atoms with Crippen molar-refractivity contribution >= 4 is 23.3 Å². The summed E-state index contributed by atoms with van der Waals surface area (Å²) in [7, 11) is 1.44. The summed E-state index contributed by atoms with van der Waals surface area (Å²) in [6.07, 6.45) is 1.66. The molecule has 0 radical (unpaired) electrons. The first-order chi connectivity index (χ1) is 14.4. The van der Waals surface area contributed by atoms with Gasteiger partial charge in [-0.15, -0.1) is 0 Å². The van der Waals surface area contributed by atoms with Crippen LogP contribution in [0, 0.1) is 27.2 Å².